The summed E-state index contributed by atoms with van der Waals surface area (Å²) < 4.78 is 40.6. The number of hydrogen-bond donors (Lipinski definition) is 1. The van der Waals surface area contributed by atoms with Crippen molar-refractivity contribution in [2.24, 2.45) is 0 Å². The molecule has 0 spiro atoms. The van der Waals surface area contributed by atoms with Gasteiger partial charge in [-0.1, -0.05) is 32.0 Å². The van der Waals surface area contributed by atoms with Crippen LogP contribution in [0.15, 0.2) is 48.7 Å². The number of aromatic nitrogens is 3. The zero-order valence-electron chi connectivity index (χ0n) is 15.3. The number of hydrogen-bond acceptors (Lipinski definition) is 4. The summed E-state index contributed by atoms with van der Waals surface area (Å²) in [7, 11) is 0. The van der Waals surface area contributed by atoms with Gasteiger partial charge in [-0.15, -0.1) is 0 Å². The van der Waals surface area contributed by atoms with Gasteiger partial charge in [0.05, 0.1) is 16.9 Å². The maximum Gasteiger partial charge on any atom is 0.433 e. The zero-order chi connectivity index (χ0) is 20.3. The number of pyridine rings is 1. The Balaban J connectivity index is 1.91. The van der Waals surface area contributed by atoms with Crippen LogP contribution in [0.5, 0.6) is 0 Å². The number of anilines is 1. The minimum Gasteiger partial charge on any atom is -0.365 e. The molecule has 0 amide bonds. The van der Waals surface area contributed by atoms with E-state index in [-0.39, 0.29) is 23.8 Å². The van der Waals surface area contributed by atoms with E-state index in [1.165, 1.54) is 0 Å². The van der Waals surface area contributed by atoms with Crippen molar-refractivity contribution < 1.29 is 13.2 Å². The van der Waals surface area contributed by atoms with E-state index in [4.69, 9.17) is 0 Å². The predicted molar refractivity (Wildman–Crippen MR) is 98.9 cm³/mol. The number of benzene rings is 1. The van der Waals surface area contributed by atoms with E-state index in [2.05, 4.69) is 15.4 Å². The van der Waals surface area contributed by atoms with Crippen LogP contribution >= 0.6 is 0 Å². The lowest BCUT2D eigenvalue weighted by atomic mass is 10.1. The van der Waals surface area contributed by atoms with Gasteiger partial charge in [0.1, 0.15) is 17.6 Å². The van der Waals surface area contributed by atoms with E-state index in [0.717, 1.165) is 29.1 Å². The summed E-state index contributed by atoms with van der Waals surface area (Å²) in [6.45, 7) is 4.18. The molecule has 8 heteroatoms. The Morgan fingerprint density at radius 2 is 1.86 bits per heavy atom. The highest BCUT2D eigenvalue weighted by molar-refractivity contribution is 5.53. The number of halogens is 3. The number of nitrogens with one attached hydrogen (secondary N) is 1. The van der Waals surface area contributed by atoms with Gasteiger partial charge in [0.2, 0.25) is 0 Å². The molecular weight excluding hydrogens is 367 g/mol. The second-order valence-corrected chi connectivity index (χ2v) is 6.53. The smallest absolute Gasteiger partial charge is 0.365 e. The van der Waals surface area contributed by atoms with Crippen molar-refractivity contribution in [2.45, 2.75) is 32.5 Å². The average molecular weight is 385 g/mol. The SMILES string of the molecule is CC(C)c1nn(-c2ccccc2)cc1CNc1nc(C(F)(F)F)ccc1C#N. The molecule has 2 aromatic heterocycles. The molecule has 0 radical (unpaired) electrons. The van der Waals surface area contributed by atoms with Crippen LogP contribution in [0.4, 0.5) is 19.0 Å². The van der Waals surface area contributed by atoms with E-state index in [9.17, 15) is 18.4 Å². The van der Waals surface area contributed by atoms with Gasteiger partial charge in [0, 0.05) is 18.3 Å². The van der Waals surface area contributed by atoms with Crippen LogP contribution in [0.1, 0.15) is 42.3 Å². The first-order valence-corrected chi connectivity index (χ1v) is 8.65. The number of nitrogens with zero attached hydrogens (tertiary/aromatic N) is 4. The summed E-state index contributed by atoms with van der Waals surface area (Å²) >= 11 is 0. The second-order valence-electron chi connectivity index (χ2n) is 6.53. The molecule has 0 bridgehead atoms. The van der Waals surface area contributed by atoms with Crippen molar-refractivity contribution in [2.75, 3.05) is 5.32 Å². The van der Waals surface area contributed by atoms with Crippen LogP contribution in [-0.4, -0.2) is 14.8 Å². The first kappa shape index (κ1) is 19.4. The number of rotatable bonds is 5. The molecule has 2 heterocycles. The Morgan fingerprint density at radius 1 is 1.14 bits per heavy atom. The molecule has 28 heavy (non-hydrogen) atoms. The van der Waals surface area contributed by atoms with Gasteiger partial charge >= 0.3 is 6.18 Å². The summed E-state index contributed by atoms with van der Waals surface area (Å²) in [6.07, 6.45) is -2.75. The maximum atomic E-state index is 12.9. The third kappa shape index (κ3) is 4.14. The summed E-state index contributed by atoms with van der Waals surface area (Å²) in [4.78, 5) is 3.58. The third-order valence-corrected chi connectivity index (χ3v) is 4.14. The Hall–Kier alpha value is -3.34. The normalized spacial score (nSPS) is 11.5. The molecule has 144 valence electrons. The van der Waals surface area contributed by atoms with Crippen molar-refractivity contribution in [3.05, 3.63) is 71.2 Å². The first-order chi connectivity index (χ1) is 13.3. The van der Waals surface area contributed by atoms with Crippen LogP contribution in [0.2, 0.25) is 0 Å². The van der Waals surface area contributed by atoms with Gasteiger partial charge < -0.3 is 5.32 Å². The maximum absolute atomic E-state index is 12.9. The number of nitriles is 1. The van der Waals surface area contributed by atoms with E-state index >= 15 is 0 Å². The summed E-state index contributed by atoms with van der Waals surface area (Å²) in [5.41, 5.74) is 1.53. The molecule has 0 atom stereocenters. The summed E-state index contributed by atoms with van der Waals surface area (Å²) in [5.74, 6) is 0.0196. The van der Waals surface area contributed by atoms with E-state index in [1.54, 1.807) is 4.68 Å². The molecule has 0 fully saturated rings. The Morgan fingerprint density at radius 3 is 2.46 bits per heavy atom. The zero-order valence-corrected chi connectivity index (χ0v) is 15.3. The average Bonchev–Trinajstić information content (AvgIpc) is 3.10. The molecule has 1 N–H and O–H groups in total. The Kier molecular flexibility index (Phi) is 5.36. The predicted octanol–water partition coefficient (Wildman–Crippen LogP) is 4.89. The standard InChI is InChI=1S/C20H18F3N5/c1-13(2)18-15(12-28(27-18)16-6-4-3-5-7-16)11-25-19-14(10-24)8-9-17(26-19)20(21,22)23/h3-9,12-13H,11H2,1-2H3,(H,25,26). The lowest BCUT2D eigenvalue weighted by Gasteiger charge is -2.11. The highest BCUT2D eigenvalue weighted by Crippen LogP contribution is 2.29. The molecule has 0 aliphatic carbocycles. The van der Waals surface area contributed by atoms with Crippen LogP contribution < -0.4 is 5.32 Å². The van der Waals surface area contributed by atoms with Crippen molar-refractivity contribution in [1.82, 2.24) is 14.8 Å². The largest absolute Gasteiger partial charge is 0.433 e. The molecule has 5 nitrogen and oxygen atoms in total. The van der Waals surface area contributed by atoms with Gasteiger partial charge in [-0.2, -0.15) is 23.5 Å². The van der Waals surface area contributed by atoms with Gasteiger partial charge in [0.25, 0.3) is 0 Å². The van der Waals surface area contributed by atoms with Gasteiger partial charge in [-0.25, -0.2) is 9.67 Å². The second kappa shape index (κ2) is 7.72. The van der Waals surface area contributed by atoms with E-state index in [0.29, 0.717) is 0 Å². The molecule has 3 aromatic rings. The van der Waals surface area contributed by atoms with Crippen molar-refractivity contribution >= 4 is 5.82 Å². The molecule has 0 saturated heterocycles. The van der Waals surface area contributed by atoms with Crippen molar-refractivity contribution in [1.29, 1.82) is 5.26 Å². The van der Waals surface area contributed by atoms with Gasteiger partial charge in [0.15, 0.2) is 0 Å². The number of para-hydroxylation sites is 1. The Bertz CT molecular complexity index is 1000. The minimum atomic E-state index is -4.58. The van der Waals surface area contributed by atoms with Crippen LogP contribution in [0.25, 0.3) is 5.69 Å². The quantitative estimate of drug-likeness (QED) is 0.679. The van der Waals surface area contributed by atoms with E-state index < -0.39 is 11.9 Å². The molecule has 1 aromatic carbocycles. The molecule has 0 aliphatic rings. The third-order valence-electron chi connectivity index (χ3n) is 4.14. The fourth-order valence-corrected chi connectivity index (χ4v) is 2.78. The molecule has 3 rings (SSSR count). The monoisotopic (exact) mass is 385 g/mol. The molecular formula is C20H18F3N5. The van der Waals surface area contributed by atoms with Crippen molar-refractivity contribution in [3.8, 4) is 11.8 Å². The van der Waals surface area contributed by atoms with Crippen LogP contribution in [-0.2, 0) is 12.7 Å². The topological polar surface area (TPSA) is 66.5 Å². The van der Waals surface area contributed by atoms with Gasteiger partial charge in [-0.05, 0) is 30.2 Å². The van der Waals surface area contributed by atoms with Gasteiger partial charge in [-0.3, -0.25) is 0 Å². The summed E-state index contributed by atoms with van der Waals surface area (Å²) in [5, 5.41) is 16.6. The summed E-state index contributed by atoms with van der Waals surface area (Å²) in [6, 6.07) is 13.3. The fourth-order valence-electron chi connectivity index (χ4n) is 2.78. The molecule has 0 saturated carbocycles. The molecule has 0 unspecified atom stereocenters. The highest BCUT2D eigenvalue weighted by Gasteiger charge is 2.33. The van der Waals surface area contributed by atoms with Crippen LogP contribution in [0, 0.1) is 11.3 Å². The minimum absolute atomic E-state index is 0.0505. The molecule has 0 aliphatic heterocycles. The fraction of sp³-hybridized carbons (Fsp3) is 0.250. The van der Waals surface area contributed by atoms with Crippen LogP contribution in [0.3, 0.4) is 0 Å². The number of alkyl halides is 3. The van der Waals surface area contributed by atoms with E-state index in [1.807, 2.05) is 56.4 Å². The first-order valence-electron chi connectivity index (χ1n) is 8.65. The lowest BCUT2D eigenvalue weighted by Crippen LogP contribution is -2.12. The highest BCUT2D eigenvalue weighted by atomic mass is 19.4. The Labute approximate surface area is 160 Å². The van der Waals surface area contributed by atoms with Crippen molar-refractivity contribution in [3.63, 3.8) is 0 Å². The lowest BCUT2D eigenvalue weighted by molar-refractivity contribution is -0.141.